The highest BCUT2D eigenvalue weighted by Crippen LogP contribution is 2.18. The number of rotatable bonds is 7. The number of carbonyl (C=O) groups excluding carboxylic acids is 1. The molecule has 0 bridgehead atoms. The summed E-state index contributed by atoms with van der Waals surface area (Å²) in [4.78, 5) is 12.2. The van der Waals surface area contributed by atoms with Crippen LogP contribution in [-0.4, -0.2) is 26.5 Å². The van der Waals surface area contributed by atoms with Crippen molar-refractivity contribution in [2.75, 3.05) is 16.9 Å². The molecule has 0 unspecified atom stereocenters. The minimum absolute atomic E-state index is 0.0739. The third-order valence-corrected chi connectivity index (χ3v) is 4.70. The van der Waals surface area contributed by atoms with Crippen molar-refractivity contribution in [2.45, 2.75) is 25.6 Å². The van der Waals surface area contributed by atoms with E-state index >= 15 is 0 Å². The highest BCUT2D eigenvalue weighted by Gasteiger charge is 2.13. The minimum atomic E-state index is -0.341. The number of halogens is 1. The van der Waals surface area contributed by atoms with Crippen LogP contribution in [0.3, 0.4) is 0 Å². The highest BCUT2D eigenvalue weighted by atomic mass is 32.2. The van der Waals surface area contributed by atoms with E-state index in [0.29, 0.717) is 16.7 Å². The molecular weight excluding hydrogens is 381 g/mol. The molecule has 2 aromatic carbocycles. The SMILES string of the molecule is Cc1cc(C)cc(NC(=O)CSc2nnc(COc3ccc(F)cc3)n2N)c1. The predicted octanol–water partition coefficient (Wildman–Crippen LogP) is 3.06. The van der Waals surface area contributed by atoms with Gasteiger partial charge >= 0.3 is 0 Å². The predicted molar refractivity (Wildman–Crippen MR) is 106 cm³/mol. The van der Waals surface area contributed by atoms with Gasteiger partial charge in [0.05, 0.1) is 5.75 Å². The van der Waals surface area contributed by atoms with Crippen LogP contribution in [-0.2, 0) is 11.4 Å². The number of nitrogens with one attached hydrogen (secondary N) is 1. The fourth-order valence-corrected chi connectivity index (χ4v) is 3.23. The summed E-state index contributed by atoms with van der Waals surface area (Å²) in [6, 6.07) is 11.5. The first kappa shape index (κ1) is 19.7. The molecule has 1 amide bonds. The molecule has 0 fully saturated rings. The number of carbonyl (C=O) groups is 1. The van der Waals surface area contributed by atoms with Crippen LogP contribution in [0.2, 0.25) is 0 Å². The van der Waals surface area contributed by atoms with Crippen LogP contribution in [0.5, 0.6) is 5.75 Å². The minimum Gasteiger partial charge on any atom is -0.486 e. The van der Waals surface area contributed by atoms with Crippen molar-refractivity contribution in [3.05, 3.63) is 65.2 Å². The Labute approximate surface area is 166 Å². The number of hydrogen-bond acceptors (Lipinski definition) is 6. The Bertz CT molecular complexity index is 955. The maximum atomic E-state index is 12.9. The number of ether oxygens (including phenoxy) is 1. The van der Waals surface area contributed by atoms with Crippen molar-refractivity contribution in [3.8, 4) is 5.75 Å². The largest absolute Gasteiger partial charge is 0.486 e. The van der Waals surface area contributed by atoms with E-state index < -0.39 is 0 Å². The first-order valence-corrected chi connectivity index (χ1v) is 9.48. The summed E-state index contributed by atoms with van der Waals surface area (Å²) >= 11 is 1.17. The van der Waals surface area contributed by atoms with Crippen LogP contribution in [0, 0.1) is 19.7 Å². The molecule has 0 atom stereocenters. The van der Waals surface area contributed by atoms with Crippen molar-refractivity contribution in [1.29, 1.82) is 0 Å². The molecule has 0 aliphatic carbocycles. The van der Waals surface area contributed by atoms with Crippen LogP contribution in [0.25, 0.3) is 0 Å². The smallest absolute Gasteiger partial charge is 0.234 e. The second-order valence-electron chi connectivity index (χ2n) is 6.22. The molecule has 0 aliphatic heterocycles. The Kier molecular flexibility index (Phi) is 6.15. The van der Waals surface area contributed by atoms with Gasteiger partial charge in [-0.25, -0.2) is 9.07 Å². The lowest BCUT2D eigenvalue weighted by Crippen LogP contribution is -2.18. The van der Waals surface area contributed by atoms with Crippen LogP contribution in [0.1, 0.15) is 17.0 Å². The summed E-state index contributed by atoms with van der Waals surface area (Å²) in [6.45, 7) is 4.03. The van der Waals surface area contributed by atoms with E-state index in [1.54, 1.807) is 0 Å². The van der Waals surface area contributed by atoms with Crippen molar-refractivity contribution in [2.24, 2.45) is 0 Å². The van der Waals surface area contributed by atoms with E-state index in [1.807, 2.05) is 32.0 Å². The monoisotopic (exact) mass is 401 g/mol. The first-order valence-electron chi connectivity index (χ1n) is 8.49. The number of thioether (sulfide) groups is 1. The Balaban J connectivity index is 1.53. The number of amides is 1. The fraction of sp³-hybridized carbons (Fsp3) is 0.211. The number of hydrogen-bond donors (Lipinski definition) is 2. The average Bonchev–Trinajstić information content (AvgIpc) is 2.98. The van der Waals surface area contributed by atoms with E-state index in [1.165, 1.54) is 40.7 Å². The lowest BCUT2D eigenvalue weighted by Gasteiger charge is -2.08. The second-order valence-corrected chi connectivity index (χ2v) is 7.17. The van der Waals surface area contributed by atoms with Gasteiger partial charge in [0.2, 0.25) is 11.1 Å². The molecule has 0 spiro atoms. The van der Waals surface area contributed by atoms with E-state index in [-0.39, 0.29) is 24.1 Å². The van der Waals surface area contributed by atoms with Gasteiger partial charge in [-0.05, 0) is 61.4 Å². The van der Waals surface area contributed by atoms with Crippen LogP contribution >= 0.6 is 11.8 Å². The van der Waals surface area contributed by atoms with Gasteiger partial charge in [-0.1, -0.05) is 17.8 Å². The number of nitrogen functional groups attached to an aromatic ring is 1. The van der Waals surface area contributed by atoms with Crippen LogP contribution < -0.4 is 15.9 Å². The number of nitrogens with zero attached hydrogens (tertiary/aromatic N) is 3. The number of nitrogens with two attached hydrogens (primary N) is 1. The zero-order valence-corrected chi connectivity index (χ0v) is 16.3. The molecule has 1 heterocycles. The van der Waals surface area contributed by atoms with Gasteiger partial charge in [0.1, 0.15) is 18.2 Å². The van der Waals surface area contributed by atoms with Gasteiger partial charge < -0.3 is 15.9 Å². The average molecular weight is 401 g/mol. The van der Waals surface area contributed by atoms with Gasteiger partial charge in [-0.2, -0.15) is 0 Å². The lowest BCUT2D eigenvalue weighted by molar-refractivity contribution is -0.113. The maximum absolute atomic E-state index is 12.9. The number of aromatic nitrogens is 3. The standard InChI is InChI=1S/C19H20FN5O2S/c1-12-7-13(2)9-15(8-12)22-18(26)11-28-19-24-23-17(25(19)21)10-27-16-5-3-14(20)4-6-16/h3-9H,10-11,21H2,1-2H3,(H,22,26). The zero-order chi connectivity index (χ0) is 20.1. The van der Waals surface area contributed by atoms with Gasteiger partial charge in [0, 0.05) is 5.69 Å². The third-order valence-electron chi connectivity index (χ3n) is 3.75. The molecule has 3 N–H and O–H groups in total. The normalized spacial score (nSPS) is 10.7. The van der Waals surface area contributed by atoms with Crippen molar-refractivity contribution in [1.82, 2.24) is 14.9 Å². The molecule has 3 aromatic rings. The summed E-state index contributed by atoms with van der Waals surface area (Å²) < 4.78 is 19.7. The second kappa shape index (κ2) is 8.75. The lowest BCUT2D eigenvalue weighted by atomic mass is 10.1. The molecule has 0 radical (unpaired) electrons. The highest BCUT2D eigenvalue weighted by molar-refractivity contribution is 7.99. The summed E-state index contributed by atoms with van der Waals surface area (Å²) in [5.74, 6) is 6.49. The maximum Gasteiger partial charge on any atom is 0.234 e. The zero-order valence-electron chi connectivity index (χ0n) is 15.5. The molecule has 3 rings (SSSR count). The summed E-state index contributed by atoms with van der Waals surface area (Å²) in [5.41, 5.74) is 2.91. The van der Waals surface area contributed by atoms with Crippen molar-refractivity contribution >= 4 is 23.4 Å². The summed E-state index contributed by atoms with van der Waals surface area (Å²) in [7, 11) is 0. The quantitative estimate of drug-likeness (QED) is 0.467. The topological polar surface area (TPSA) is 95.1 Å². The molecule has 9 heteroatoms. The summed E-state index contributed by atoms with van der Waals surface area (Å²) in [5, 5.41) is 11.2. The van der Waals surface area contributed by atoms with Gasteiger partial charge in [0.15, 0.2) is 5.82 Å². The van der Waals surface area contributed by atoms with Crippen molar-refractivity contribution < 1.29 is 13.9 Å². The Morgan fingerprint density at radius 2 is 1.86 bits per heavy atom. The van der Waals surface area contributed by atoms with E-state index in [2.05, 4.69) is 15.5 Å². The van der Waals surface area contributed by atoms with Crippen LogP contribution in [0.4, 0.5) is 10.1 Å². The molecule has 146 valence electrons. The number of aryl methyl sites for hydroxylation is 2. The third kappa shape index (κ3) is 5.23. The van der Waals surface area contributed by atoms with Gasteiger partial charge in [-0.15, -0.1) is 10.2 Å². The van der Waals surface area contributed by atoms with Crippen molar-refractivity contribution in [3.63, 3.8) is 0 Å². The molecular formula is C19H20FN5O2S. The Hall–Kier alpha value is -3.07. The molecule has 1 aromatic heterocycles. The molecule has 0 saturated heterocycles. The number of benzene rings is 2. The molecule has 7 nitrogen and oxygen atoms in total. The van der Waals surface area contributed by atoms with Crippen LogP contribution in [0.15, 0.2) is 47.6 Å². The molecule has 28 heavy (non-hydrogen) atoms. The van der Waals surface area contributed by atoms with E-state index in [9.17, 15) is 9.18 Å². The molecule has 0 saturated carbocycles. The fourth-order valence-electron chi connectivity index (χ4n) is 2.56. The Morgan fingerprint density at radius 3 is 2.54 bits per heavy atom. The van der Waals surface area contributed by atoms with E-state index in [0.717, 1.165) is 16.8 Å². The van der Waals surface area contributed by atoms with E-state index in [4.69, 9.17) is 10.6 Å². The Morgan fingerprint density at radius 1 is 1.18 bits per heavy atom. The van der Waals surface area contributed by atoms with Gasteiger partial charge in [-0.3, -0.25) is 4.79 Å². The number of anilines is 1. The van der Waals surface area contributed by atoms with Gasteiger partial charge in [0.25, 0.3) is 0 Å². The molecule has 0 aliphatic rings. The summed E-state index contributed by atoms with van der Waals surface area (Å²) in [6.07, 6.45) is 0. The first-order chi connectivity index (χ1) is 13.4.